The van der Waals surface area contributed by atoms with E-state index in [1.807, 2.05) is 0 Å². The molecule has 2 heterocycles. The van der Waals surface area contributed by atoms with Crippen LogP contribution < -0.4 is 4.74 Å². The molecule has 0 spiro atoms. The zero-order valence-corrected chi connectivity index (χ0v) is 10.8. The van der Waals surface area contributed by atoms with E-state index in [4.69, 9.17) is 4.74 Å². The summed E-state index contributed by atoms with van der Waals surface area (Å²) in [5, 5.41) is 1.11. The van der Waals surface area contributed by atoms with Crippen molar-refractivity contribution in [3.05, 3.63) is 16.1 Å². The van der Waals surface area contributed by atoms with E-state index < -0.39 is 0 Å². The third-order valence-corrected chi connectivity index (χ3v) is 4.42. The van der Waals surface area contributed by atoms with E-state index in [1.165, 1.54) is 5.56 Å². The highest BCUT2D eigenvalue weighted by Gasteiger charge is 2.32. The van der Waals surface area contributed by atoms with Gasteiger partial charge in [-0.1, -0.05) is 13.8 Å². The lowest BCUT2D eigenvalue weighted by molar-refractivity contribution is 0.390. The van der Waals surface area contributed by atoms with E-state index in [9.17, 15) is 0 Å². The Labute approximate surface area is 96.6 Å². The number of methoxy groups -OCH3 is 1. The molecule has 4 heteroatoms. The maximum atomic E-state index is 5.17. The number of nitrogens with zero attached hydrogens (tertiary/aromatic N) is 1. The Balaban J connectivity index is 2.55. The van der Waals surface area contributed by atoms with Crippen LogP contribution in [0.4, 0.5) is 0 Å². The summed E-state index contributed by atoms with van der Waals surface area (Å²) in [5.41, 5.74) is 1.54. The SMILES string of the molecule is COc1nc2c(cc1Br)C(C)(C)CS2. The van der Waals surface area contributed by atoms with E-state index in [0.29, 0.717) is 5.88 Å². The van der Waals surface area contributed by atoms with Crippen LogP contribution in [0.3, 0.4) is 0 Å². The predicted molar refractivity (Wildman–Crippen MR) is 62.2 cm³/mol. The number of aromatic nitrogens is 1. The summed E-state index contributed by atoms with van der Waals surface area (Å²) in [5.74, 6) is 1.77. The van der Waals surface area contributed by atoms with Crippen LogP contribution >= 0.6 is 27.7 Å². The Hall–Kier alpha value is -0.220. The van der Waals surface area contributed by atoms with Gasteiger partial charge in [-0.05, 0) is 27.6 Å². The molecule has 0 unspecified atom stereocenters. The van der Waals surface area contributed by atoms with Crippen LogP contribution in [-0.4, -0.2) is 17.8 Å². The Morgan fingerprint density at radius 2 is 2.29 bits per heavy atom. The number of pyridine rings is 1. The van der Waals surface area contributed by atoms with Crippen LogP contribution in [0.15, 0.2) is 15.6 Å². The van der Waals surface area contributed by atoms with Crippen LogP contribution in [0.2, 0.25) is 0 Å². The molecule has 0 radical (unpaired) electrons. The van der Waals surface area contributed by atoms with E-state index in [0.717, 1.165) is 15.3 Å². The number of fused-ring (bicyclic) bond motifs is 1. The van der Waals surface area contributed by atoms with Crippen LogP contribution in [0.1, 0.15) is 19.4 Å². The number of halogens is 1. The lowest BCUT2D eigenvalue weighted by Crippen LogP contribution is -2.15. The first-order valence-corrected chi connectivity index (χ1v) is 6.20. The summed E-state index contributed by atoms with van der Waals surface area (Å²) < 4.78 is 6.11. The molecule has 0 N–H and O–H groups in total. The summed E-state index contributed by atoms with van der Waals surface area (Å²) in [4.78, 5) is 4.46. The molecule has 1 aliphatic heterocycles. The van der Waals surface area contributed by atoms with E-state index in [2.05, 4.69) is 40.8 Å². The van der Waals surface area contributed by atoms with Gasteiger partial charge in [0.1, 0.15) is 5.03 Å². The maximum Gasteiger partial charge on any atom is 0.228 e. The fraction of sp³-hybridized carbons (Fsp3) is 0.500. The van der Waals surface area contributed by atoms with Crippen molar-refractivity contribution in [3.8, 4) is 5.88 Å². The van der Waals surface area contributed by atoms with Crippen molar-refractivity contribution in [2.24, 2.45) is 0 Å². The van der Waals surface area contributed by atoms with Crippen molar-refractivity contribution in [1.29, 1.82) is 0 Å². The molecule has 0 atom stereocenters. The Kier molecular flexibility index (Phi) is 2.52. The first-order chi connectivity index (χ1) is 6.54. The summed E-state index contributed by atoms with van der Waals surface area (Å²) >= 11 is 5.27. The van der Waals surface area contributed by atoms with Crippen molar-refractivity contribution in [2.45, 2.75) is 24.3 Å². The molecule has 1 aromatic heterocycles. The van der Waals surface area contributed by atoms with Gasteiger partial charge in [-0.3, -0.25) is 0 Å². The largest absolute Gasteiger partial charge is 0.480 e. The molecule has 0 aliphatic carbocycles. The first kappa shape index (κ1) is 10.3. The zero-order chi connectivity index (χ0) is 10.3. The van der Waals surface area contributed by atoms with Crippen molar-refractivity contribution in [2.75, 3.05) is 12.9 Å². The summed E-state index contributed by atoms with van der Waals surface area (Å²) in [7, 11) is 1.64. The van der Waals surface area contributed by atoms with Gasteiger partial charge in [0.15, 0.2) is 0 Å². The van der Waals surface area contributed by atoms with Crippen molar-refractivity contribution < 1.29 is 4.74 Å². The monoisotopic (exact) mass is 273 g/mol. The number of ether oxygens (including phenoxy) is 1. The minimum atomic E-state index is 0.224. The number of thioether (sulfide) groups is 1. The van der Waals surface area contributed by atoms with Gasteiger partial charge < -0.3 is 4.74 Å². The molecule has 0 amide bonds. The second-order valence-electron chi connectivity index (χ2n) is 4.00. The quantitative estimate of drug-likeness (QED) is 0.785. The van der Waals surface area contributed by atoms with Crippen LogP contribution in [0.5, 0.6) is 5.88 Å². The molecule has 14 heavy (non-hydrogen) atoms. The number of rotatable bonds is 1. The average Bonchev–Trinajstić information content (AvgIpc) is 2.42. The lowest BCUT2D eigenvalue weighted by Gasteiger charge is -2.17. The third-order valence-electron chi connectivity index (χ3n) is 2.40. The molecule has 76 valence electrons. The fourth-order valence-electron chi connectivity index (χ4n) is 1.52. The third kappa shape index (κ3) is 1.54. The molecule has 0 saturated heterocycles. The van der Waals surface area contributed by atoms with Gasteiger partial charge in [0, 0.05) is 11.2 Å². The molecule has 2 nitrogen and oxygen atoms in total. The maximum absolute atomic E-state index is 5.17. The summed E-state index contributed by atoms with van der Waals surface area (Å²) in [6.45, 7) is 4.48. The molecular formula is C10H12BrNOS. The smallest absolute Gasteiger partial charge is 0.228 e. The van der Waals surface area contributed by atoms with Crippen molar-refractivity contribution >= 4 is 27.7 Å². The van der Waals surface area contributed by atoms with E-state index >= 15 is 0 Å². The highest BCUT2D eigenvalue weighted by Crippen LogP contribution is 2.44. The standard InChI is InChI=1S/C10H12BrNOS/c1-10(2)5-14-9-6(10)4-7(11)8(12-9)13-3/h4H,5H2,1-3H3. The fourth-order valence-corrected chi connectivity index (χ4v) is 3.29. The highest BCUT2D eigenvalue weighted by atomic mass is 79.9. The molecule has 0 aromatic carbocycles. The second-order valence-corrected chi connectivity index (χ2v) is 5.82. The molecule has 1 aliphatic rings. The van der Waals surface area contributed by atoms with E-state index in [-0.39, 0.29) is 5.41 Å². The van der Waals surface area contributed by atoms with Crippen molar-refractivity contribution in [1.82, 2.24) is 4.98 Å². The van der Waals surface area contributed by atoms with Gasteiger partial charge in [0.25, 0.3) is 0 Å². The van der Waals surface area contributed by atoms with Gasteiger partial charge in [0.2, 0.25) is 5.88 Å². The zero-order valence-electron chi connectivity index (χ0n) is 8.43. The Bertz CT molecular complexity index is 379. The first-order valence-electron chi connectivity index (χ1n) is 4.42. The summed E-state index contributed by atoms with van der Waals surface area (Å²) in [6, 6.07) is 2.13. The van der Waals surface area contributed by atoms with Gasteiger partial charge in [-0.25, -0.2) is 4.98 Å². The minimum absolute atomic E-state index is 0.224. The normalized spacial score (nSPS) is 18.0. The molecule has 1 aromatic rings. The van der Waals surface area contributed by atoms with Gasteiger partial charge in [-0.15, -0.1) is 11.8 Å². The van der Waals surface area contributed by atoms with Crippen molar-refractivity contribution in [3.63, 3.8) is 0 Å². The topological polar surface area (TPSA) is 22.1 Å². The number of hydrogen-bond donors (Lipinski definition) is 0. The molecule has 2 rings (SSSR count). The molecule has 0 fully saturated rings. The lowest BCUT2D eigenvalue weighted by atomic mass is 9.88. The van der Waals surface area contributed by atoms with E-state index in [1.54, 1.807) is 18.9 Å². The number of hydrogen-bond acceptors (Lipinski definition) is 3. The predicted octanol–water partition coefficient (Wildman–Crippen LogP) is 3.24. The highest BCUT2D eigenvalue weighted by molar-refractivity contribution is 9.10. The molecule has 0 saturated carbocycles. The summed E-state index contributed by atoms with van der Waals surface area (Å²) in [6.07, 6.45) is 0. The molecular weight excluding hydrogens is 262 g/mol. The van der Waals surface area contributed by atoms with Gasteiger partial charge >= 0.3 is 0 Å². The van der Waals surface area contributed by atoms with Crippen LogP contribution in [-0.2, 0) is 5.41 Å². The van der Waals surface area contributed by atoms with Crippen LogP contribution in [0, 0.1) is 0 Å². The Morgan fingerprint density at radius 1 is 1.57 bits per heavy atom. The van der Waals surface area contributed by atoms with Crippen LogP contribution in [0.25, 0.3) is 0 Å². The minimum Gasteiger partial charge on any atom is -0.480 e. The Morgan fingerprint density at radius 3 is 2.93 bits per heavy atom. The molecule has 0 bridgehead atoms. The van der Waals surface area contributed by atoms with Gasteiger partial charge in [0.05, 0.1) is 11.6 Å². The van der Waals surface area contributed by atoms with Gasteiger partial charge in [-0.2, -0.15) is 0 Å². The average molecular weight is 274 g/mol. The second kappa shape index (κ2) is 3.42.